The number of aryl methyl sites for hydroxylation is 1. The molecule has 7 heteroatoms. The number of aliphatic carboxylic acids is 1. The molecule has 0 bridgehead atoms. The maximum Gasteiger partial charge on any atom is 0.307 e. The van der Waals surface area contributed by atoms with Crippen molar-refractivity contribution in [3.05, 3.63) is 65.0 Å². The summed E-state index contributed by atoms with van der Waals surface area (Å²) >= 11 is 5.76. The summed E-state index contributed by atoms with van der Waals surface area (Å²) in [6.45, 7) is 1.32. The molecule has 3 aromatic rings. The first kappa shape index (κ1) is 18.9. The fourth-order valence-corrected chi connectivity index (χ4v) is 3.00. The lowest BCUT2D eigenvalue weighted by Gasteiger charge is -2.14. The number of esters is 1. The number of halogens is 1. The van der Waals surface area contributed by atoms with E-state index in [0.717, 1.165) is 17.5 Å². The summed E-state index contributed by atoms with van der Waals surface area (Å²) in [5, 5.41) is 8.93. The van der Waals surface area contributed by atoms with E-state index >= 15 is 0 Å². The molecule has 0 amide bonds. The summed E-state index contributed by atoms with van der Waals surface area (Å²) in [6, 6.07) is 12.5. The van der Waals surface area contributed by atoms with Crippen LogP contribution in [0, 0.1) is 0 Å². The molecule has 0 aliphatic carbocycles. The molecule has 1 heterocycles. The van der Waals surface area contributed by atoms with E-state index in [2.05, 4.69) is 4.98 Å². The van der Waals surface area contributed by atoms with Gasteiger partial charge in [-0.15, -0.1) is 11.6 Å². The van der Waals surface area contributed by atoms with Crippen LogP contribution in [0.25, 0.3) is 11.1 Å². The zero-order valence-electron chi connectivity index (χ0n) is 14.6. The summed E-state index contributed by atoms with van der Waals surface area (Å²) < 4.78 is 11.2. The van der Waals surface area contributed by atoms with Gasteiger partial charge in [0.25, 0.3) is 0 Å². The van der Waals surface area contributed by atoms with E-state index in [1.165, 1.54) is 6.92 Å². The smallest absolute Gasteiger partial charge is 0.307 e. The Balaban J connectivity index is 1.96. The number of carbonyl (C=O) groups excluding carboxylic acids is 1. The van der Waals surface area contributed by atoms with Crippen molar-refractivity contribution >= 4 is 34.6 Å². The minimum absolute atomic E-state index is 0.104. The minimum atomic E-state index is -0.923. The van der Waals surface area contributed by atoms with Gasteiger partial charge in [0.1, 0.15) is 5.52 Å². The van der Waals surface area contributed by atoms with Crippen molar-refractivity contribution in [2.24, 2.45) is 0 Å². The number of benzene rings is 2. The first-order chi connectivity index (χ1) is 13.0. The lowest BCUT2D eigenvalue weighted by molar-refractivity contribution is -0.145. The number of hydrogen-bond donors (Lipinski definition) is 1. The maximum atomic E-state index is 11.6. The lowest BCUT2D eigenvalue weighted by Crippen LogP contribution is -2.10. The Morgan fingerprint density at radius 1 is 1.19 bits per heavy atom. The number of carboxylic acids is 1. The molecule has 6 nitrogen and oxygen atoms in total. The molecule has 0 fully saturated rings. The standard InChI is InChI=1S/C20H18ClNO5/c1-12(23)26-19(15-5-2-13(3-6-15)8-9-21)20-22-16-10-14(11-18(24)25)4-7-17(16)27-20/h2-7,10,19H,8-9,11H2,1H3,(H,24,25). The van der Waals surface area contributed by atoms with E-state index in [4.69, 9.17) is 25.9 Å². The van der Waals surface area contributed by atoms with Gasteiger partial charge in [0.05, 0.1) is 6.42 Å². The van der Waals surface area contributed by atoms with Crippen LogP contribution in [0.4, 0.5) is 0 Å². The average Bonchev–Trinajstić information content (AvgIpc) is 3.03. The van der Waals surface area contributed by atoms with Gasteiger partial charge in [-0.2, -0.15) is 0 Å². The molecule has 0 saturated carbocycles. The summed E-state index contributed by atoms with van der Waals surface area (Å²) in [4.78, 5) is 26.9. The van der Waals surface area contributed by atoms with Crippen LogP contribution in [0.5, 0.6) is 0 Å². The molecule has 0 spiro atoms. The highest BCUT2D eigenvalue weighted by Gasteiger charge is 2.23. The Labute approximate surface area is 160 Å². The number of nitrogens with zero attached hydrogens (tertiary/aromatic N) is 1. The largest absolute Gasteiger partial charge is 0.481 e. The van der Waals surface area contributed by atoms with Gasteiger partial charge in [-0.25, -0.2) is 4.98 Å². The van der Waals surface area contributed by atoms with Crippen LogP contribution in [0.2, 0.25) is 0 Å². The van der Waals surface area contributed by atoms with Crippen LogP contribution in [-0.2, 0) is 27.2 Å². The number of rotatable bonds is 7. The summed E-state index contributed by atoms with van der Waals surface area (Å²) in [5.41, 5.74) is 3.42. The molecule has 3 rings (SSSR count). The molecule has 0 aliphatic rings. The number of oxazole rings is 1. The number of carbonyl (C=O) groups is 2. The van der Waals surface area contributed by atoms with Gasteiger partial charge in [-0.1, -0.05) is 30.3 Å². The number of hydrogen-bond acceptors (Lipinski definition) is 5. The SMILES string of the molecule is CC(=O)OC(c1ccc(CCCl)cc1)c1nc2cc(CC(=O)O)ccc2o1. The highest BCUT2D eigenvalue weighted by atomic mass is 35.5. The molecule has 0 aliphatic heterocycles. The van der Waals surface area contributed by atoms with E-state index in [-0.39, 0.29) is 12.3 Å². The third-order valence-electron chi connectivity index (χ3n) is 4.00. The lowest BCUT2D eigenvalue weighted by atomic mass is 10.1. The van der Waals surface area contributed by atoms with Crippen molar-refractivity contribution in [3.63, 3.8) is 0 Å². The summed E-state index contributed by atoms with van der Waals surface area (Å²) in [5.74, 6) is -0.624. The van der Waals surface area contributed by atoms with E-state index in [1.54, 1.807) is 18.2 Å². The second-order valence-corrected chi connectivity index (χ2v) is 6.47. The van der Waals surface area contributed by atoms with Crippen LogP contribution < -0.4 is 0 Å². The molecule has 2 aromatic carbocycles. The number of ether oxygens (including phenoxy) is 1. The fraction of sp³-hybridized carbons (Fsp3) is 0.250. The van der Waals surface area contributed by atoms with Crippen LogP contribution in [0.15, 0.2) is 46.9 Å². The van der Waals surface area contributed by atoms with Crippen LogP contribution in [0.3, 0.4) is 0 Å². The Morgan fingerprint density at radius 3 is 2.52 bits per heavy atom. The topological polar surface area (TPSA) is 89.6 Å². The quantitative estimate of drug-likeness (QED) is 0.488. The van der Waals surface area contributed by atoms with Crippen molar-refractivity contribution < 1.29 is 23.8 Å². The maximum absolute atomic E-state index is 11.6. The van der Waals surface area contributed by atoms with Gasteiger partial charge in [-0.05, 0) is 29.7 Å². The second-order valence-electron chi connectivity index (χ2n) is 6.09. The van der Waals surface area contributed by atoms with E-state index in [1.807, 2.05) is 24.3 Å². The molecule has 1 aromatic heterocycles. The highest BCUT2D eigenvalue weighted by molar-refractivity contribution is 6.17. The van der Waals surface area contributed by atoms with Gasteiger partial charge in [0.15, 0.2) is 5.58 Å². The molecular formula is C20H18ClNO5. The Hall–Kier alpha value is -2.86. The van der Waals surface area contributed by atoms with Crippen molar-refractivity contribution in [2.75, 3.05) is 5.88 Å². The Bertz CT molecular complexity index is 964. The van der Waals surface area contributed by atoms with E-state index in [0.29, 0.717) is 22.5 Å². The monoisotopic (exact) mass is 387 g/mol. The molecule has 1 N–H and O–H groups in total. The van der Waals surface area contributed by atoms with Crippen LogP contribution >= 0.6 is 11.6 Å². The third-order valence-corrected chi connectivity index (χ3v) is 4.19. The second kappa shape index (κ2) is 8.22. The number of alkyl halides is 1. The van der Waals surface area contributed by atoms with Gasteiger partial charge >= 0.3 is 11.9 Å². The zero-order valence-corrected chi connectivity index (χ0v) is 15.4. The molecule has 1 atom stereocenters. The van der Waals surface area contributed by atoms with Crippen molar-refractivity contribution in [2.45, 2.75) is 25.9 Å². The first-order valence-electron chi connectivity index (χ1n) is 8.39. The molecule has 27 heavy (non-hydrogen) atoms. The molecular weight excluding hydrogens is 370 g/mol. The van der Waals surface area contributed by atoms with Gasteiger partial charge in [-0.3, -0.25) is 9.59 Å². The van der Waals surface area contributed by atoms with Crippen molar-refractivity contribution in [1.29, 1.82) is 0 Å². The zero-order chi connectivity index (χ0) is 19.4. The first-order valence-corrected chi connectivity index (χ1v) is 8.93. The molecule has 0 saturated heterocycles. The van der Waals surface area contributed by atoms with E-state index < -0.39 is 18.0 Å². The third kappa shape index (κ3) is 4.65. The average molecular weight is 388 g/mol. The predicted molar refractivity (Wildman–Crippen MR) is 99.8 cm³/mol. The number of carboxylic acid groups (broad SMARTS) is 1. The summed E-state index contributed by atoms with van der Waals surface area (Å²) in [7, 11) is 0. The highest BCUT2D eigenvalue weighted by Crippen LogP contribution is 2.29. The van der Waals surface area contributed by atoms with Gasteiger partial charge in [0, 0.05) is 18.4 Å². The van der Waals surface area contributed by atoms with Gasteiger partial charge in [0.2, 0.25) is 12.0 Å². The van der Waals surface area contributed by atoms with Crippen molar-refractivity contribution in [1.82, 2.24) is 4.98 Å². The molecule has 140 valence electrons. The fourth-order valence-electron chi connectivity index (χ4n) is 2.78. The normalized spacial score (nSPS) is 12.1. The summed E-state index contributed by atoms with van der Waals surface area (Å²) in [6.07, 6.45) is -0.147. The van der Waals surface area contributed by atoms with Crippen LogP contribution in [-0.4, -0.2) is 27.9 Å². The molecule has 0 radical (unpaired) electrons. The van der Waals surface area contributed by atoms with Crippen LogP contribution in [0.1, 0.15) is 35.6 Å². The van der Waals surface area contributed by atoms with Gasteiger partial charge < -0.3 is 14.3 Å². The Kier molecular flexibility index (Phi) is 5.76. The predicted octanol–water partition coefficient (Wildman–Crippen LogP) is 3.89. The van der Waals surface area contributed by atoms with Crippen molar-refractivity contribution in [3.8, 4) is 0 Å². The number of fused-ring (bicyclic) bond motifs is 1. The molecule has 1 unspecified atom stereocenters. The minimum Gasteiger partial charge on any atom is -0.481 e. The Morgan fingerprint density at radius 2 is 1.89 bits per heavy atom. The van der Waals surface area contributed by atoms with E-state index in [9.17, 15) is 9.59 Å². The number of aromatic nitrogens is 1.